The summed E-state index contributed by atoms with van der Waals surface area (Å²) >= 11 is 1.62. The number of nitrogens with zero attached hydrogens (tertiary/aromatic N) is 1. The van der Waals surface area contributed by atoms with Crippen LogP contribution in [0, 0.1) is 5.82 Å². The maximum absolute atomic E-state index is 13.1. The van der Waals surface area contributed by atoms with E-state index in [4.69, 9.17) is 14.6 Å². The Kier molecular flexibility index (Phi) is 11.4. The monoisotopic (exact) mass is 503 g/mol. The van der Waals surface area contributed by atoms with Crippen LogP contribution in [0.25, 0.3) is 0 Å². The van der Waals surface area contributed by atoms with Crippen LogP contribution >= 0.6 is 11.8 Å². The minimum Gasteiger partial charge on any atom is -0.494 e. The highest BCUT2D eigenvalue weighted by molar-refractivity contribution is 8.01. The molecule has 6 nitrogen and oxygen atoms in total. The van der Waals surface area contributed by atoms with Crippen LogP contribution in [0.4, 0.5) is 4.39 Å². The zero-order valence-electron chi connectivity index (χ0n) is 19.9. The number of hydrogen-bond acceptors (Lipinski definition) is 5. The van der Waals surface area contributed by atoms with Gasteiger partial charge >= 0.3 is 5.97 Å². The number of thioether (sulfide) groups is 1. The summed E-state index contributed by atoms with van der Waals surface area (Å²) in [6.45, 7) is 1.60. The summed E-state index contributed by atoms with van der Waals surface area (Å²) in [4.78, 5) is 25.2. The number of unbranched alkanes of at least 4 members (excludes halogenated alkanes) is 3. The first-order valence-corrected chi connectivity index (χ1v) is 13.2. The van der Waals surface area contributed by atoms with Crippen LogP contribution in [0.3, 0.4) is 0 Å². The SMILES string of the molecule is O=C(O)CCCCCCN1C(=O)CSC1C(CCCOc1ccc(F)cc1)OCc1ccccc1. The van der Waals surface area contributed by atoms with Crippen molar-refractivity contribution >= 4 is 23.6 Å². The van der Waals surface area contributed by atoms with Gasteiger partial charge < -0.3 is 19.5 Å². The van der Waals surface area contributed by atoms with E-state index in [1.165, 1.54) is 12.1 Å². The van der Waals surface area contributed by atoms with E-state index in [-0.39, 0.29) is 29.6 Å². The Morgan fingerprint density at radius 1 is 1.06 bits per heavy atom. The first-order chi connectivity index (χ1) is 17.0. The predicted molar refractivity (Wildman–Crippen MR) is 135 cm³/mol. The average molecular weight is 504 g/mol. The van der Waals surface area contributed by atoms with Crippen LogP contribution < -0.4 is 4.74 Å². The van der Waals surface area contributed by atoms with Gasteiger partial charge in [0.25, 0.3) is 0 Å². The van der Waals surface area contributed by atoms with Gasteiger partial charge in [-0.2, -0.15) is 0 Å². The van der Waals surface area contributed by atoms with E-state index in [1.54, 1.807) is 23.9 Å². The number of amides is 1. The summed E-state index contributed by atoms with van der Waals surface area (Å²) in [5.41, 5.74) is 1.08. The van der Waals surface area contributed by atoms with Crippen LogP contribution in [0.2, 0.25) is 0 Å². The summed E-state index contributed by atoms with van der Waals surface area (Å²) in [5.74, 6) is 0.139. The third-order valence-corrected chi connectivity index (χ3v) is 7.20. The second kappa shape index (κ2) is 14.7. The Morgan fingerprint density at radius 3 is 2.54 bits per heavy atom. The topological polar surface area (TPSA) is 76.1 Å². The van der Waals surface area contributed by atoms with Gasteiger partial charge in [-0.25, -0.2) is 4.39 Å². The number of halogens is 1. The van der Waals surface area contributed by atoms with Crippen molar-refractivity contribution < 1.29 is 28.6 Å². The third kappa shape index (κ3) is 9.53. The van der Waals surface area contributed by atoms with E-state index in [0.29, 0.717) is 37.7 Å². The van der Waals surface area contributed by atoms with Crippen LogP contribution in [-0.2, 0) is 20.9 Å². The molecule has 1 aliphatic heterocycles. The molecule has 1 N–H and O–H groups in total. The minimum absolute atomic E-state index is 0.0592. The van der Waals surface area contributed by atoms with Crippen LogP contribution in [0.15, 0.2) is 54.6 Å². The number of carbonyl (C=O) groups is 2. The molecule has 2 unspecified atom stereocenters. The van der Waals surface area contributed by atoms with E-state index in [9.17, 15) is 14.0 Å². The summed E-state index contributed by atoms with van der Waals surface area (Å²) in [7, 11) is 0. The standard InChI is InChI=1S/C27H34FNO5S/c28-22-13-15-23(16-14-22)33-18-8-11-24(34-19-21-9-4-3-5-10-21)27-29(25(30)20-35-27)17-7-2-1-6-12-26(31)32/h3-5,9-10,13-16,24,27H,1-2,6-8,11-12,17-20H2,(H,31,32). The van der Waals surface area contributed by atoms with Crippen LogP contribution in [0.1, 0.15) is 50.5 Å². The summed E-state index contributed by atoms with van der Waals surface area (Å²) in [6, 6.07) is 16.0. The lowest BCUT2D eigenvalue weighted by Crippen LogP contribution is -2.42. The number of carboxylic acid groups (broad SMARTS) is 1. The van der Waals surface area contributed by atoms with Crippen molar-refractivity contribution in [3.8, 4) is 5.75 Å². The molecule has 0 aliphatic carbocycles. The lowest BCUT2D eigenvalue weighted by molar-refractivity contribution is -0.137. The predicted octanol–water partition coefficient (Wildman–Crippen LogP) is 5.51. The molecule has 35 heavy (non-hydrogen) atoms. The smallest absolute Gasteiger partial charge is 0.303 e. The second-order valence-electron chi connectivity index (χ2n) is 8.63. The molecular weight excluding hydrogens is 469 g/mol. The number of carboxylic acids is 1. The van der Waals surface area contributed by atoms with Gasteiger partial charge in [0.1, 0.15) is 16.9 Å². The van der Waals surface area contributed by atoms with Crippen molar-refractivity contribution in [2.24, 2.45) is 0 Å². The van der Waals surface area contributed by atoms with E-state index in [2.05, 4.69) is 0 Å². The van der Waals surface area contributed by atoms with Gasteiger partial charge in [-0.1, -0.05) is 43.2 Å². The number of carbonyl (C=O) groups excluding carboxylic acids is 1. The molecule has 0 bridgehead atoms. The number of benzene rings is 2. The molecule has 1 amide bonds. The van der Waals surface area contributed by atoms with Crippen molar-refractivity contribution in [1.29, 1.82) is 0 Å². The molecule has 2 aromatic carbocycles. The average Bonchev–Trinajstić information content (AvgIpc) is 3.22. The van der Waals surface area contributed by atoms with E-state index >= 15 is 0 Å². The highest BCUT2D eigenvalue weighted by Gasteiger charge is 2.37. The number of aliphatic carboxylic acids is 1. The molecule has 2 atom stereocenters. The zero-order valence-corrected chi connectivity index (χ0v) is 20.8. The first-order valence-electron chi connectivity index (χ1n) is 12.2. The Labute approximate surface area is 210 Å². The minimum atomic E-state index is -0.766. The van der Waals surface area contributed by atoms with Gasteiger partial charge in [-0.05, 0) is 55.5 Å². The molecule has 1 saturated heterocycles. The Hall–Kier alpha value is -2.58. The molecule has 0 radical (unpaired) electrons. The van der Waals surface area contributed by atoms with Gasteiger partial charge in [0, 0.05) is 13.0 Å². The Bertz CT molecular complexity index is 912. The maximum Gasteiger partial charge on any atom is 0.303 e. The lowest BCUT2D eigenvalue weighted by Gasteiger charge is -2.31. The Morgan fingerprint density at radius 2 is 1.80 bits per heavy atom. The second-order valence-corrected chi connectivity index (χ2v) is 9.73. The maximum atomic E-state index is 13.1. The molecule has 0 aromatic heterocycles. The fraction of sp³-hybridized carbons (Fsp3) is 0.481. The van der Waals surface area contributed by atoms with Crippen molar-refractivity contribution in [2.45, 2.75) is 63.0 Å². The summed E-state index contributed by atoms with van der Waals surface area (Å²) in [6.07, 6.45) is 4.78. The van der Waals surface area contributed by atoms with Crippen LogP contribution in [0.5, 0.6) is 5.75 Å². The van der Waals surface area contributed by atoms with Crippen LogP contribution in [-0.4, -0.2) is 52.3 Å². The van der Waals surface area contributed by atoms with Gasteiger partial charge in [0.2, 0.25) is 5.91 Å². The third-order valence-electron chi connectivity index (χ3n) is 5.89. The fourth-order valence-corrected chi connectivity index (χ4v) is 5.35. The molecule has 3 rings (SSSR count). The lowest BCUT2D eigenvalue weighted by atomic mass is 10.1. The highest BCUT2D eigenvalue weighted by Crippen LogP contribution is 2.32. The van der Waals surface area contributed by atoms with Crippen molar-refractivity contribution in [3.63, 3.8) is 0 Å². The van der Waals surface area contributed by atoms with Gasteiger partial charge in [-0.3, -0.25) is 9.59 Å². The summed E-state index contributed by atoms with van der Waals surface area (Å²) in [5, 5.41) is 8.72. The molecule has 1 heterocycles. The molecule has 0 saturated carbocycles. The largest absolute Gasteiger partial charge is 0.494 e. The highest BCUT2D eigenvalue weighted by atomic mass is 32.2. The number of rotatable bonds is 16. The van der Waals surface area contributed by atoms with E-state index < -0.39 is 5.97 Å². The quantitative estimate of drug-likeness (QED) is 0.305. The van der Waals surface area contributed by atoms with Gasteiger partial charge in [0.15, 0.2) is 0 Å². The zero-order chi connectivity index (χ0) is 24.9. The molecular formula is C27H34FNO5S. The Balaban J connectivity index is 1.53. The molecule has 1 fully saturated rings. The van der Waals surface area contributed by atoms with Gasteiger partial charge in [0.05, 0.1) is 25.1 Å². The van der Waals surface area contributed by atoms with E-state index in [0.717, 1.165) is 37.7 Å². The molecule has 190 valence electrons. The number of hydrogen-bond donors (Lipinski definition) is 1. The molecule has 0 spiro atoms. The molecule has 8 heteroatoms. The van der Waals surface area contributed by atoms with Crippen molar-refractivity contribution in [1.82, 2.24) is 4.90 Å². The van der Waals surface area contributed by atoms with E-state index in [1.807, 2.05) is 35.2 Å². The summed E-state index contributed by atoms with van der Waals surface area (Å²) < 4.78 is 25.2. The normalized spacial score (nSPS) is 16.4. The molecule has 2 aromatic rings. The first kappa shape index (κ1) is 27.0. The van der Waals surface area contributed by atoms with Crippen molar-refractivity contribution in [2.75, 3.05) is 18.9 Å². The molecule has 1 aliphatic rings. The van der Waals surface area contributed by atoms with Gasteiger partial charge in [-0.15, -0.1) is 11.8 Å². The number of ether oxygens (including phenoxy) is 2. The van der Waals surface area contributed by atoms with Crippen molar-refractivity contribution in [3.05, 3.63) is 66.0 Å². The fourth-order valence-electron chi connectivity index (χ4n) is 4.03.